The van der Waals surface area contributed by atoms with E-state index in [1.165, 1.54) is 0 Å². The number of ether oxygens (including phenoxy) is 2. The number of halogens is 5. The molecule has 0 saturated carbocycles. The number of para-hydroxylation sites is 1. The van der Waals surface area contributed by atoms with Gasteiger partial charge < -0.3 is 19.9 Å². The van der Waals surface area contributed by atoms with Crippen LogP contribution in [-0.4, -0.2) is 27.9 Å². The van der Waals surface area contributed by atoms with Crippen molar-refractivity contribution in [3.8, 4) is 11.1 Å². The molecule has 7 rings (SSSR count). The van der Waals surface area contributed by atoms with Crippen molar-refractivity contribution >= 4 is 39.2 Å². The number of nitrogens with zero attached hydrogens (tertiary/aromatic N) is 1. The van der Waals surface area contributed by atoms with Gasteiger partial charge in [0.1, 0.15) is 5.56 Å². The molecule has 4 atom stereocenters. The molecule has 53 heavy (non-hydrogen) atoms. The summed E-state index contributed by atoms with van der Waals surface area (Å²) in [5.74, 6) is -12.0. The number of aliphatic hydroxyl groups is 1. The second kappa shape index (κ2) is 15.7. The average Bonchev–Trinajstić information content (AvgIpc) is 3.61. The van der Waals surface area contributed by atoms with Crippen molar-refractivity contribution in [1.82, 2.24) is 10.3 Å². The zero-order valence-electron chi connectivity index (χ0n) is 28.0. The van der Waals surface area contributed by atoms with Crippen LogP contribution in [0, 0.1) is 35.0 Å². The summed E-state index contributed by atoms with van der Waals surface area (Å²) in [7, 11) is 0. The van der Waals surface area contributed by atoms with Crippen molar-refractivity contribution < 1.29 is 41.3 Å². The Morgan fingerprint density at radius 3 is 2.19 bits per heavy atom. The van der Waals surface area contributed by atoms with E-state index in [0.717, 1.165) is 42.4 Å². The number of aliphatic hydroxyl groups excluding tert-OH is 1. The number of carbonyl (C=O) groups is 1. The molecule has 1 aromatic heterocycles. The summed E-state index contributed by atoms with van der Waals surface area (Å²) >= 11 is 3.27. The van der Waals surface area contributed by atoms with Gasteiger partial charge in [-0.3, -0.25) is 4.79 Å². The Morgan fingerprint density at radius 2 is 1.47 bits per heavy atom. The zero-order valence-corrected chi connectivity index (χ0v) is 29.6. The molecule has 2 N–H and O–H groups in total. The number of nitrogens with one attached hydrogen (secondary N) is 1. The molecule has 2 heterocycles. The van der Waals surface area contributed by atoms with Crippen LogP contribution < -0.4 is 5.32 Å². The summed E-state index contributed by atoms with van der Waals surface area (Å²) in [6.45, 7) is 1.78. The number of aromatic nitrogens is 1. The van der Waals surface area contributed by atoms with Gasteiger partial charge in [0.2, 0.25) is 5.82 Å². The Kier molecular flexibility index (Phi) is 10.9. The van der Waals surface area contributed by atoms with Crippen molar-refractivity contribution in [2.24, 2.45) is 5.92 Å². The van der Waals surface area contributed by atoms with Gasteiger partial charge in [-0.05, 0) is 52.1 Å². The summed E-state index contributed by atoms with van der Waals surface area (Å²) in [5.41, 5.74) is 3.93. The fourth-order valence-electron chi connectivity index (χ4n) is 6.18. The summed E-state index contributed by atoms with van der Waals surface area (Å²) in [5, 5.41) is 11.8. The van der Waals surface area contributed by atoms with Gasteiger partial charge in [-0.2, -0.15) is 0 Å². The van der Waals surface area contributed by atoms with Crippen LogP contribution in [-0.2, 0) is 22.6 Å². The van der Waals surface area contributed by atoms with E-state index in [0.29, 0.717) is 11.3 Å². The lowest BCUT2D eigenvalue weighted by atomic mass is 9.91. The molecule has 0 aliphatic carbocycles. The van der Waals surface area contributed by atoms with E-state index in [1.54, 1.807) is 41.3 Å². The summed E-state index contributed by atoms with van der Waals surface area (Å²) in [4.78, 5) is 17.3. The number of carbonyl (C=O) groups excluding carboxylic acids is 1. The van der Waals surface area contributed by atoms with E-state index in [9.17, 15) is 31.9 Å². The standard InChI is InChI=1S/C40H31F5N2O4S2/c1-21-29(20-52-40-47-28-10-2-3-11-30(28)53-40)50-39(51-37(21)24-14-12-22(19-48)13-15-24)27-9-5-8-26(17-27)25-7-4-6-23(16-25)18-46-38(49)31-32(41)34(43)36(45)35(44)33(31)42/h2-17,21,29,37,39,48H,18-20H2,1H3,(H,46,49)/t21-,29+,37+,39+/m0/s1. The SMILES string of the molecule is C[C@H]1[C@@H](CSc2nc3ccccc3s2)O[C@@H](c2cccc(-c3cccc(CNC(=O)c4c(F)c(F)c(F)c(F)c4F)c3)c2)O[C@H]1c1ccc(CO)cc1. The normalized spacial score (nSPS) is 18.7. The van der Waals surface area contributed by atoms with E-state index in [-0.39, 0.29) is 31.3 Å². The van der Waals surface area contributed by atoms with Gasteiger partial charge in [-0.1, -0.05) is 91.5 Å². The highest BCUT2D eigenvalue weighted by Crippen LogP contribution is 2.44. The van der Waals surface area contributed by atoms with Gasteiger partial charge in [0.05, 0.1) is 29.0 Å². The summed E-state index contributed by atoms with van der Waals surface area (Å²) in [6.07, 6.45) is -1.28. The van der Waals surface area contributed by atoms with Crippen molar-refractivity contribution in [1.29, 1.82) is 0 Å². The van der Waals surface area contributed by atoms with Crippen molar-refractivity contribution in [3.05, 3.63) is 154 Å². The van der Waals surface area contributed by atoms with Crippen LogP contribution in [0.25, 0.3) is 21.3 Å². The van der Waals surface area contributed by atoms with Crippen LogP contribution in [0.1, 0.15) is 51.9 Å². The molecule has 1 amide bonds. The van der Waals surface area contributed by atoms with Crippen molar-refractivity contribution in [2.45, 2.75) is 42.9 Å². The average molecular weight is 763 g/mol. The maximum atomic E-state index is 14.2. The molecule has 0 radical (unpaired) electrons. The number of thioether (sulfide) groups is 1. The number of rotatable bonds is 10. The molecular formula is C40H31F5N2O4S2. The van der Waals surface area contributed by atoms with Gasteiger partial charge >= 0.3 is 0 Å². The Balaban J connectivity index is 1.11. The van der Waals surface area contributed by atoms with Gasteiger partial charge in [0, 0.05) is 23.8 Å². The second-order valence-electron chi connectivity index (χ2n) is 12.5. The lowest BCUT2D eigenvalue weighted by molar-refractivity contribution is -0.268. The van der Waals surface area contributed by atoms with Gasteiger partial charge in [-0.25, -0.2) is 26.9 Å². The molecular weight excluding hydrogens is 732 g/mol. The first kappa shape index (κ1) is 36.7. The maximum Gasteiger partial charge on any atom is 0.257 e. The molecule has 6 aromatic rings. The zero-order chi connectivity index (χ0) is 37.2. The van der Waals surface area contributed by atoms with Crippen LogP contribution in [0.5, 0.6) is 0 Å². The lowest BCUT2D eigenvalue weighted by Gasteiger charge is -2.41. The van der Waals surface area contributed by atoms with E-state index in [4.69, 9.17) is 14.5 Å². The lowest BCUT2D eigenvalue weighted by Crippen LogP contribution is -2.38. The number of hydrogen-bond donors (Lipinski definition) is 2. The third-order valence-electron chi connectivity index (χ3n) is 9.08. The highest BCUT2D eigenvalue weighted by Gasteiger charge is 2.38. The fraction of sp³-hybridized carbons (Fsp3) is 0.200. The molecule has 1 aliphatic rings. The molecule has 0 unspecified atom stereocenters. The van der Waals surface area contributed by atoms with E-state index in [2.05, 4.69) is 12.2 Å². The quantitative estimate of drug-likeness (QED) is 0.0627. The maximum absolute atomic E-state index is 14.2. The van der Waals surface area contributed by atoms with Crippen molar-refractivity contribution in [2.75, 3.05) is 5.75 Å². The van der Waals surface area contributed by atoms with Gasteiger partial charge in [0.15, 0.2) is 33.9 Å². The topological polar surface area (TPSA) is 80.7 Å². The molecule has 0 bridgehead atoms. The number of fused-ring (bicyclic) bond motifs is 1. The third kappa shape index (κ3) is 7.71. The summed E-state index contributed by atoms with van der Waals surface area (Å²) < 4.78 is 84.6. The Labute approximate surface area is 309 Å². The van der Waals surface area contributed by atoms with Crippen LogP contribution in [0.4, 0.5) is 22.0 Å². The minimum atomic E-state index is -2.34. The molecule has 1 saturated heterocycles. The van der Waals surface area contributed by atoms with Gasteiger partial charge in [0.25, 0.3) is 5.91 Å². The highest BCUT2D eigenvalue weighted by molar-refractivity contribution is 8.01. The molecule has 1 fully saturated rings. The first-order valence-electron chi connectivity index (χ1n) is 16.6. The molecule has 1 aliphatic heterocycles. The van der Waals surface area contributed by atoms with Crippen LogP contribution >= 0.6 is 23.1 Å². The molecule has 272 valence electrons. The number of benzene rings is 5. The van der Waals surface area contributed by atoms with E-state index < -0.39 is 46.8 Å². The summed E-state index contributed by atoms with van der Waals surface area (Å²) in [6, 6.07) is 30.2. The predicted octanol–water partition coefficient (Wildman–Crippen LogP) is 9.66. The first-order valence-corrected chi connectivity index (χ1v) is 18.4. The minimum Gasteiger partial charge on any atom is -0.392 e. The van der Waals surface area contributed by atoms with Crippen molar-refractivity contribution in [3.63, 3.8) is 0 Å². The number of thiazole rings is 1. The molecule has 5 aromatic carbocycles. The second-order valence-corrected chi connectivity index (χ2v) is 14.8. The Hall–Kier alpha value is -4.66. The smallest absolute Gasteiger partial charge is 0.257 e. The van der Waals surface area contributed by atoms with Crippen LogP contribution in [0.2, 0.25) is 0 Å². The number of hydrogen-bond acceptors (Lipinski definition) is 7. The Morgan fingerprint density at radius 1 is 0.792 bits per heavy atom. The van der Waals surface area contributed by atoms with E-state index >= 15 is 0 Å². The van der Waals surface area contributed by atoms with Crippen LogP contribution in [0.15, 0.2) is 101 Å². The monoisotopic (exact) mass is 762 g/mol. The van der Waals surface area contributed by atoms with E-state index in [1.807, 2.05) is 78.9 Å². The minimum absolute atomic E-state index is 0.0342. The molecule has 6 nitrogen and oxygen atoms in total. The number of amides is 1. The third-order valence-corrected chi connectivity index (χ3v) is 11.3. The first-order chi connectivity index (χ1) is 25.6. The molecule has 13 heteroatoms. The highest BCUT2D eigenvalue weighted by atomic mass is 32.2. The predicted molar refractivity (Wildman–Crippen MR) is 193 cm³/mol. The Bertz CT molecular complexity index is 2220. The largest absolute Gasteiger partial charge is 0.392 e. The molecule has 0 spiro atoms. The van der Waals surface area contributed by atoms with Gasteiger partial charge in [-0.15, -0.1) is 11.3 Å². The van der Waals surface area contributed by atoms with Crippen LogP contribution in [0.3, 0.4) is 0 Å². The fourth-order valence-corrected chi connectivity index (χ4v) is 8.43.